The van der Waals surface area contributed by atoms with E-state index in [-0.39, 0.29) is 0 Å². The van der Waals surface area contributed by atoms with Gasteiger partial charge in [0, 0.05) is 25.4 Å². The highest BCUT2D eigenvalue weighted by molar-refractivity contribution is 7.98. The number of hydrogen-bond acceptors (Lipinski definition) is 4. The first-order valence-electron chi connectivity index (χ1n) is 5.94. The number of carboxylic acid groups (broad SMARTS) is 1. The van der Waals surface area contributed by atoms with Crippen molar-refractivity contribution < 1.29 is 9.90 Å². The van der Waals surface area contributed by atoms with Crippen LogP contribution in [-0.2, 0) is 13.6 Å². The molecule has 1 rings (SSSR count). The van der Waals surface area contributed by atoms with E-state index in [1.165, 1.54) is 6.20 Å². The number of rotatable bonds is 7. The highest BCUT2D eigenvalue weighted by Crippen LogP contribution is 2.15. The molecule has 0 spiro atoms. The molecule has 0 amide bonds. The van der Waals surface area contributed by atoms with Crippen LogP contribution in [0.25, 0.3) is 0 Å². The van der Waals surface area contributed by atoms with E-state index >= 15 is 0 Å². The van der Waals surface area contributed by atoms with Crippen molar-refractivity contribution >= 4 is 17.7 Å². The first kappa shape index (κ1) is 15.0. The van der Waals surface area contributed by atoms with Gasteiger partial charge in [-0.3, -0.25) is 9.58 Å². The Bertz CT molecular complexity index is 406. The number of aromatic nitrogens is 2. The highest BCUT2D eigenvalue weighted by atomic mass is 32.2. The first-order valence-corrected chi connectivity index (χ1v) is 7.33. The molecule has 18 heavy (non-hydrogen) atoms. The Kier molecular flexibility index (Phi) is 5.68. The monoisotopic (exact) mass is 271 g/mol. The third kappa shape index (κ3) is 3.49. The van der Waals surface area contributed by atoms with Crippen LogP contribution in [-0.4, -0.2) is 50.9 Å². The van der Waals surface area contributed by atoms with Gasteiger partial charge in [0.25, 0.3) is 0 Å². The average Bonchev–Trinajstić information content (AvgIpc) is 2.68. The van der Waals surface area contributed by atoms with Crippen LogP contribution in [0.4, 0.5) is 0 Å². The van der Waals surface area contributed by atoms with Crippen LogP contribution < -0.4 is 0 Å². The number of carboxylic acids is 1. The second-order valence-electron chi connectivity index (χ2n) is 4.37. The second kappa shape index (κ2) is 6.80. The molecule has 1 unspecified atom stereocenters. The van der Waals surface area contributed by atoms with Gasteiger partial charge in [-0.25, -0.2) is 4.79 Å². The molecule has 0 saturated carbocycles. The van der Waals surface area contributed by atoms with Crippen LogP contribution in [0.3, 0.4) is 0 Å². The van der Waals surface area contributed by atoms with E-state index in [4.69, 9.17) is 5.11 Å². The molecule has 0 aliphatic rings. The number of aromatic carboxylic acids is 1. The van der Waals surface area contributed by atoms with Gasteiger partial charge in [-0.1, -0.05) is 6.92 Å². The van der Waals surface area contributed by atoms with Crippen molar-refractivity contribution in [1.29, 1.82) is 0 Å². The molecule has 1 atom stereocenters. The highest BCUT2D eigenvalue weighted by Gasteiger charge is 2.19. The predicted molar refractivity (Wildman–Crippen MR) is 74.1 cm³/mol. The minimum absolute atomic E-state index is 0.295. The zero-order chi connectivity index (χ0) is 13.7. The summed E-state index contributed by atoms with van der Waals surface area (Å²) in [7, 11) is 3.81. The summed E-state index contributed by atoms with van der Waals surface area (Å²) in [5.41, 5.74) is 1.05. The van der Waals surface area contributed by atoms with E-state index in [2.05, 4.69) is 23.2 Å². The quantitative estimate of drug-likeness (QED) is 0.818. The summed E-state index contributed by atoms with van der Waals surface area (Å²) in [4.78, 5) is 13.3. The molecule has 5 nitrogen and oxygen atoms in total. The Morgan fingerprint density at radius 1 is 1.67 bits per heavy atom. The molecule has 0 aliphatic carbocycles. The third-order valence-electron chi connectivity index (χ3n) is 3.14. The Labute approximate surface area is 112 Å². The Morgan fingerprint density at radius 3 is 2.83 bits per heavy atom. The summed E-state index contributed by atoms with van der Waals surface area (Å²) >= 11 is 1.81. The maximum Gasteiger partial charge on any atom is 0.339 e. The van der Waals surface area contributed by atoms with Crippen molar-refractivity contribution in [1.82, 2.24) is 14.7 Å². The van der Waals surface area contributed by atoms with E-state index in [9.17, 15) is 4.79 Å². The lowest BCUT2D eigenvalue weighted by Crippen LogP contribution is -2.33. The summed E-state index contributed by atoms with van der Waals surface area (Å²) in [5.74, 6) is 0.136. The fourth-order valence-electron chi connectivity index (χ4n) is 1.94. The molecule has 0 saturated heterocycles. The van der Waals surface area contributed by atoms with Gasteiger partial charge in [0.1, 0.15) is 5.56 Å². The molecule has 0 aliphatic heterocycles. The topological polar surface area (TPSA) is 58.4 Å². The van der Waals surface area contributed by atoms with Gasteiger partial charge in [-0.05, 0) is 19.7 Å². The Hall–Kier alpha value is -1.01. The van der Waals surface area contributed by atoms with E-state index in [0.29, 0.717) is 18.2 Å². The number of thioether (sulfide) groups is 1. The normalized spacial score (nSPS) is 12.9. The molecule has 0 fully saturated rings. The van der Waals surface area contributed by atoms with Crippen LogP contribution >= 0.6 is 11.8 Å². The second-order valence-corrected chi connectivity index (χ2v) is 5.28. The lowest BCUT2D eigenvalue weighted by atomic mass is 10.2. The molecule has 0 radical (unpaired) electrons. The molecular formula is C12H21N3O2S. The molecule has 102 valence electrons. The van der Waals surface area contributed by atoms with Crippen LogP contribution in [0.1, 0.15) is 29.4 Å². The van der Waals surface area contributed by atoms with E-state index < -0.39 is 5.97 Å². The van der Waals surface area contributed by atoms with Crippen molar-refractivity contribution in [3.63, 3.8) is 0 Å². The zero-order valence-electron chi connectivity index (χ0n) is 11.4. The van der Waals surface area contributed by atoms with Gasteiger partial charge in [-0.15, -0.1) is 0 Å². The average molecular weight is 271 g/mol. The van der Waals surface area contributed by atoms with Gasteiger partial charge < -0.3 is 5.11 Å². The smallest absolute Gasteiger partial charge is 0.339 e. The summed E-state index contributed by atoms with van der Waals surface area (Å²) in [6.45, 7) is 2.76. The largest absolute Gasteiger partial charge is 0.478 e. The van der Waals surface area contributed by atoms with Gasteiger partial charge in [-0.2, -0.15) is 16.9 Å². The molecule has 6 heteroatoms. The summed E-state index contributed by atoms with van der Waals surface area (Å²) in [6, 6.07) is 0.455. The lowest BCUT2D eigenvalue weighted by Gasteiger charge is -2.26. The minimum Gasteiger partial charge on any atom is -0.478 e. The number of hydrogen-bond donors (Lipinski definition) is 1. The number of aryl methyl sites for hydroxylation is 1. The third-order valence-corrected chi connectivity index (χ3v) is 3.86. The van der Waals surface area contributed by atoms with Crippen LogP contribution in [0.15, 0.2) is 6.20 Å². The predicted octanol–water partition coefficient (Wildman–Crippen LogP) is 1.69. The molecule has 1 aromatic rings. The van der Waals surface area contributed by atoms with E-state index in [0.717, 1.165) is 17.9 Å². The standard InChI is InChI=1S/C12H21N3O2S/c1-5-9(8-18-4)14(2)7-11-10(12(16)17)6-13-15(11)3/h6,9H,5,7-8H2,1-4H3,(H,16,17). The molecule has 1 heterocycles. The van der Waals surface area contributed by atoms with Gasteiger partial charge >= 0.3 is 5.97 Å². The summed E-state index contributed by atoms with van der Waals surface area (Å²) < 4.78 is 1.64. The van der Waals surface area contributed by atoms with E-state index in [1.54, 1.807) is 11.7 Å². The maximum absolute atomic E-state index is 11.1. The molecule has 0 aromatic carbocycles. The zero-order valence-corrected chi connectivity index (χ0v) is 12.2. The van der Waals surface area contributed by atoms with Crippen molar-refractivity contribution in [2.45, 2.75) is 25.9 Å². The van der Waals surface area contributed by atoms with Crippen molar-refractivity contribution in [3.05, 3.63) is 17.5 Å². The van der Waals surface area contributed by atoms with Crippen LogP contribution in [0, 0.1) is 0 Å². The minimum atomic E-state index is -0.913. The molecular weight excluding hydrogens is 250 g/mol. The number of carbonyl (C=O) groups is 1. The first-order chi connectivity index (χ1) is 8.51. The summed E-state index contributed by atoms with van der Waals surface area (Å²) in [6.07, 6.45) is 4.56. The molecule has 0 bridgehead atoms. The van der Waals surface area contributed by atoms with Crippen molar-refractivity contribution in [2.24, 2.45) is 7.05 Å². The lowest BCUT2D eigenvalue weighted by molar-refractivity contribution is 0.0694. The molecule has 1 N–H and O–H groups in total. The van der Waals surface area contributed by atoms with Gasteiger partial charge in [0.05, 0.1) is 11.9 Å². The fraction of sp³-hybridized carbons (Fsp3) is 0.667. The SMILES string of the molecule is CCC(CSC)N(C)Cc1c(C(=O)O)cnn1C. The van der Waals surface area contributed by atoms with Crippen molar-refractivity contribution in [2.75, 3.05) is 19.1 Å². The van der Waals surface area contributed by atoms with Crippen molar-refractivity contribution in [3.8, 4) is 0 Å². The number of nitrogens with zero attached hydrogens (tertiary/aromatic N) is 3. The van der Waals surface area contributed by atoms with Gasteiger partial charge in [0.2, 0.25) is 0 Å². The Morgan fingerprint density at radius 2 is 2.33 bits per heavy atom. The Balaban J connectivity index is 2.83. The molecule has 1 aromatic heterocycles. The van der Waals surface area contributed by atoms with Crippen LogP contribution in [0.5, 0.6) is 0 Å². The summed E-state index contributed by atoms with van der Waals surface area (Å²) in [5, 5.41) is 13.1. The maximum atomic E-state index is 11.1. The fourth-order valence-corrected chi connectivity index (χ4v) is 2.82. The van der Waals surface area contributed by atoms with Crippen LogP contribution in [0.2, 0.25) is 0 Å². The van der Waals surface area contributed by atoms with E-state index in [1.807, 2.05) is 18.8 Å². The van der Waals surface area contributed by atoms with Gasteiger partial charge in [0.15, 0.2) is 0 Å².